The lowest BCUT2D eigenvalue weighted by atomic mass is 9.95. The first-order chi connectivity index (χ1) is 11.1. The van der Waals surface area contributed by atoms with Gasteiger partial charge in [0.2, 0.25) is 0 Å². The molecule has 2 heterocycles. The molecule has 5 heteroatoms. The standard InChI is InChI=1S/C18H20N2O3/c1-12-15(6-8-19-12)17(21)20-9-7-13(11-20)10-14-4-2-3-5-16(14)18(22)23/h2-6,8,13,19H,7,9-11H2,1H3,(H,22,23). The molecule has 23 heavy (non-hydrogen) atoms. The maximum absolute atomic E-state index is 12.5. The third-order valence-electron chi connectivity index (χ3n) is 4.51. The van der Waals surface area contributed by atoms with Crippen molar-refractivity contribution in [2.45, 2.75) is 19.8 Å². The number of nitrogens with zero attached hydrogens (tertiary/aromatic N) is 1. The summed E-state index contributed by atoms with van der Waals surface area (Å²) in [5, 5.41) is 9.27. The lowest BCUT2D eigenvalue weighted by molar-refractivity contribution is 0.0694. The summed E-state index contributed by atoms with van der Waals surface area (Å²) >= 11 is 0. The summed E-state index contributed by atoms with van der Waals surface area (Å²) in [6.45, 7) is 3.30. The molecule has 0 aliphatic carbocycles. The second kappa shape index (κ2) is 6.28. The van der Waals surface area contributed by atoms with Gasteiger partial charge in [-0.3, -0.25) is 4.79 Å². The average molecular weight is 312 g/mol. The predicted octanol–water partition coefficient (Wildman–Crippen LogP) is 2.73. The van der Waals surface area contributed by atoms with Crippen molar-refractivity contribution >= 4 is 11.9 Å². The van der Waals surface area contributed by atoms with Crippen LogP contribution in [0.4, 0.5) is 0 Å². The van der Waals surface area contributed by atoms with Crippen molar-refractivity contribution in [2.24, 2.45) is 5.92 Å². The van der Waals surface area contributed by atoms with E-state index in [1.807, 2.05) is 30.0 Å². The predicted molar refractivity (Wildman–Crippen MR) is 86.6 cm³/mol. The van der Waals surface area contributed by atoms with Crippen LogP contribution in [0.15, 0.2) is 36.5 Å². The molecule has 2 aromatic rings. The first-order valence-electron chi connectivity index (χ1n) is 7.80. The Morgan fingerprint density at radius 3 is 2.74 bits per heavy atom. The molecule has 1 unspecified atom stereocenters. The maximum Gasteiger partial charge on any atom is 0.335 e. The Labute approximate surface area is 134 Å². The highest BCUT2D eigenvalue weighted by Gasteiger charge is 2.28. The number of carbonyl (C=O) groups is 2. The Hall–Kier alpha value is -2.56. The van der Waals surface area contributed by atoms with Crippen LogP contribution in [0, 0.1) is 12.8 Å². The summed E-state index contributed by atoms with van der Waals surface area (Å²) in [6.07, 6.45) is 3.38. The minimum Gasteiger partial charge on any atom is -0.478 e. The van der Waals surface area contributed by atoms with Crippen LogP contribution >= 0.6 is 0 Å². The number of aromatic amines is 1. The van der Waals surface area contributed by atoms with Gasteiger partial charge >= 0.3 is 5.97 Å². The summed E-state index contributed by atoms with van der Waals surface area (Å²) in [6, 6.07) is 8.92. The van der Waals surface area contributed by atoms with Crippen LogP contribution in [-0.2, 0) is 6.42 Å². The van der Waals surface area contributed by atoms with Gasteiger partial charge in [0.05, 0.1) is 11.1 Å². The number of hydrogen-bond acceptors (Lipinski definition) is 2. The van der Waals surface area contributed by atoms with Gasteiger partial charge in [0, 0.05) is 25.0 Å². The van der Waals surface area contributed by atoms with E-state index in [4.69, 9.17) is 0 Å². The van der Waals surface area contributed by atoms with E-state index in [1.165, 1.54) is 0 Å². The lowest BCUT2D eigenvalue weighted by Crippen LogP contribution is -2.29. The fourth-order valence-electron chi connectivity index (χ4n) is 3.26. The minimum atomic E-state index is -0.894. The van der Waals surface area contributed by atoms with Crippen molar-refractivity contribution in [3.63, 3.8) is 0 Å². The van der Waals surface area contributed by atoms with Gasteiger partial charge in [-0.25, -0.2) is 4.79 Å². The van der Waals surface area contributed by atoms with Crippen LogP contribution in [0.3, 0.4) is 0 Å². The Morgan fingerprint density at radius 2 is 2.04 bits per heavy atom. The topological polar surface area (TPSA) is 73.4 Å². The highest BCUT2D eigenvalue weighted by Crippen LogP contribution is 2.24. The lowest BCUT2D eigenvalue weighted by Gasteiger charge is -2.17. The van der Waals surface area contributed by atoms with Crippen LogP contribution in [-0.4, -0.2) is 40.0 Å². The van der Waals surface area contributed by atoms with Crippen molar-refractivity contribution in [3.8, 4) is 0 Å². The molecule has 5 nitrogen and oxygen atoms in total. The number of hydrogen-bond donors (Lipinski definition) is 2. The van der Waals surface area contributed by atoms with Gasteiger partial charge in [-0.05, 0) is 43.4 Å². The second-order valence-electron chi connectivity index (χ2n) is 6.09. The molecule has 0 radical (unpaired) electrons. The number of amides is 1. The highest BCUT2D eigenvalue weighted by molar-refractivity contribution is 5.95. The van der Waals surface area contributed by atoms with E-state index in [9.17, 15) is 14.7 Å². The number of likely N-dealkylation sites (tertiary alicyclic amines) is 1. The van der Waals surface area contributed by atoms with Crippen molar-refractivity contribution in [3.05, 3.63) is 58.9 Å². The number of aromatic carboxylic acids is 1. The van der Waals surface area contributed by atoms with Gasteiger partial charge in [0.25, 0.3) is 5.91 Å². The third-order valence-corrected chi connectivity index (χ3v) is 4.51. The van der Waals surface area contributed by atoms with E-state index in [0.717, 1.165) is 29.8 Å². The monoisotopic (exact) mass is 312 g/mol. The number of rotatable bonds is 4. The van der Waals surface area contributed by atoms with E-state index in [0.29, 0.717) is 24.4 Å². The number of benzene rings is 1. The van der Waals surface area contributed by atoms with Crippen LogP contribution in [0.2, 0.25) is 0 Å². The third kappa shape index (κ3) is 3.13. The fraction of sp³-hybridized carbons (Fsp3) is 0.333. The minimum absolute atomic E-state index is 0.0535. The normalized spacial score (nSPS) is 17.4. The van der Waals surface area contributed by atoms with Gasteiger partial charge < -0.3 is 15.0 Å². The first kappa shape index (κ1) is 15.3. The number of aromatic nitrogens is 1. The Balaban J connectivity index is 1.68. The van der Waals surface area contributed by atoms with E-state index >= 15 is 0 Å². The van der Waals surface area contributed by atoms with Crippen LogP contribution < -0.4 is 0 Å². The summed E-state index contributed by atoms with van der Waals surface area (Å²) in [5.74, 6) is -0.536. The number of nitrogens with one attached hydrogen (secondary N) is 1. The van der Waals surface area contributed by atoms with Crippen molar-refractivity contribution in [2.75, 3.05) is 13.1 Å². The smallest absolute Gasteiger partial charge is 0.335 e. The van der Waals surface area contributed by atoms with Gasteiger partial charge in [-0.15, -0.1) is 0 Å². The molecule has 1 fully saturated rings. The molecule has 3 rings (SSSR count). The van der Waals surface area contributed by atoms with E-state index in [-0.39, 0.29) is 5.91 Å². The highest BCUT2D eigenvalue weighted by atomic mass is 16.4. The van der Waals surface area contributed by atoms with Gasteiger partial charge in [0.15, 0.2) is 0 Å². The Bertz CT molecular complexity index is 735. The molecule has 0 saturated carbocycles. The Morgan fingerprint density at radius 1 is 1.26 bits per heavy atom. The zero-order valence-electron chi connectivity index (χ0n) is 13.1. The van der Waals surface area contributed by atoms with Gasteiger partial charge in [0.1, 0.15) is 0 Å². The molecular weight excluding hydrogens is 292 g/mol. The molecular formula is C18H20N2O3. The molecule has 1 aliphatic heterocycles. The summed E-state index contributed by atoms with van der Waals surface area (Å²) in [7, 11) is 0. The van der Waals surface area contributed by atoms with E-state index in [1.54, 1.807) is 18.3 Å². The van der Waals surface area contributed by atoms with Crippen LogP contribution in [0.25, 0.3) is 0 Å². The molecule has 0 spiro atoms. The zero-order valence-corrected chi connectivity index (χ0v) is 13.1. The molecule has 1 aromatic carbocycles. The molecule has 1 aliphatic rings. The van der Waals surface area contributed by atoms with Crippen molar-refractivity contribution in [1.82, 2.24) is 9.88 Å². The largest absolute Gasteiger partial charge is 0.478 e. The number of carboxylic acids is 1. The average Bonchev–Trinajstić information content (AvgIpc) is 3.16. The summed E-state index contributed by atoms with van der Waals surface area (Å²) in [5.41, 5.74) is 2.81. The molecule has 1 aromatic heterocycles. The summed E-state index contributed by atoms with van der Waals surface area (Å²) < 4.78 is 0. The quantitative estimate of drug-likeness (QED) is 0.911. The van der Waals surface area contributed by atoms with Crippen LogP contribution in [0.5, 0.6) is 0 Å². The van der Waals surface area contributed by atoms with Crippen molar-refractivity contribution < 1.29 is 14.7 Å². The van der Waals surface area contributed by atoms with E-state index in [2.05, 4.69) is 4.98 Å². The number of carboxylic acid groups (broad SMARTS) is 1. The zero-order chi connectivity index (χ0) is 16.4. The van der Waals surface area contributed by atoms with Gasteiger partial charge in [-0.2, -0.15) is 0 Å². The Kier molecular flexibility index (Phi) is 4.19. The molecule has 1 atom stereocenters. The maximum atomic E-state index is 12.5. The molecule has 120 valence electrons. The summed E-state index contributed by atoms with van der Waals surface area (Å²) in [4.78, 5) is 28.7. The van der Waals surface area contributed by atoms with Crippen LogP contribution in [0.1, 0.15) is 38.4 Å². The first-order valence-corrected chi connectivity index (χ1v) is 7.80. The molecule has 1 amide bonds. The fourth-order valence-corrected chi connectivity index (χ4v) is 3.26. The van der Waals surface area contributed by atoms with E-state index < -0.39 is 5.97 Å². The SMILES string of the molecule is Cc1[nH]ccc1C(=O)N1CCC(Cc2ccccc2C(=O)O)C1. The number of H-pyrrole nitrogens is 1. The number of carbonyl (C=O) groups excluding carboxylic acids is 1. The van der Waals surface area contributed by atoms with Crippen molar-refractivity contribution in [1.29, 1.82) is 0 Å². The molecule has 1 saturated heterocycles. The molecule has 0 bridgehead atoms. The second-order valence-corrected chi connectivity index (χ2v) is 6.09. The van der Waals surface area contributed by atoms with Gasteiger partial charge in [-0.1, -0.05) is 18.2 Å². The number of aryl methyl sites for hydroxylation is 1. The molecule has 2 N–H and O–H groups in total.